The number of carbonyl (C=O) groups is 3. The van der Waals surface area contributed by atoms with Gasteiger partial charge in [0.25, 0.3) is 0 Å². The van der Waals surface area contributed by atoms with Gasteiger partial charge in [-0.05, 0) is 102 Å². The van der Waals surface area contributed by atoms with Crippen molar-refractivity contribution in [1.82, 2.24) is 0 Å². The molecule has 4 saturated carbocycles. The quantitative estimate of drug-likeness (QED) is 0.0816. The lowest BCUT2D eigenvalue weighted by molar-refractivity contribution is -0.174. The number of nitrogens with two attached hydrogens (primary N) is 2. The maximum absolute atomic E-state index is 16.3. The van der Waals surface area contributed by atoms with Gasteiger partial charge in [0.15, 0.2) is 11.7 Å². The zero-order chi connectivity index (χ0) is 43.6. The molecule has 13 atom stereocenters. The van der Waals surface area contributed by atoms with Gasteiger partial charge in [0.2, 0.25) is 0 Å². The number of aliphatic carboxylic acids is 1. The van der Waals surface area contributed by atoms with Crippen LogP contribution in [0.1, 0.15) is 98.5 Å². The first-order chi connectivity index (χ1) is 28.6. The van der Waals surface area contributed by atoms with Gasteiger partial charge in [-0.3, -0.25) is 14.6 Å². The molecular weight excluding hydrogens is 767 g/mol. The van der Waals surface area contributed by atoms with Gasteiger partial charge in [-0.1, -0.05) is 102 Å². The Bertz CT molecular complexity index is 2430. The highest BCUT2D eigenvalue weighted by molar-refractivity contribution is 6.04. The van der Waals surface area contributed by atoms with Crippen molar-refractivity contribution < 1.29 is 34.8 Å². The van der Waals surface area contributed by atoms with E-state index < -0.39 is 79.9 Å². The summed E-state index contributed by atoms with van der Waals surface area (Å²) in [6.07, 6.45) is 13.8. The fourth-order valence-electron chi connectivity index (χ4n) is 16.6. The van der Waals surface area contributed by atoms with E-state index in [1.165, 1.54) is 13.0 Å². The summed E-state index contributed by atoms with van der Waals surface area (Å²) in [7, 11) is 0. The van der Waals surface area contributed by atoms with Gasteiger partial charge in [-0.25, -0.2) is 4.79 Å². The zero-order valence-corrected chi connectivity index (χ0v) is 36.3. The molecule has 10 rings (SSSR count). The Morgan fingerprint density at radius 3 is 2.39 bits per heavy atom. The molecule has 0 unspecified atom stereocenters. The molecular formula is C51H61N3O7. The lowest BCUT2D eigenvalue weighted by Crippen LogP contribution is -2.72. The van der Waals surface area contributed by atoms with E-state index in [1.807, 2.05) is 62.4 Å². The number of rotatable bonds is 6. The molecule has 0 heterocycles. The molecule has 0 aromatic heterocycles. The maximum Gasteiger partial charge on any atom is 0.331 e. The van der Waals surface area contributed by atoms with Gasteiger partial charge >= 0.3 is 5.97 Å². The highest BCUT2D eigenvalue weighted by Gasteiger charge is 2.86. The first kappa shape index (κ1) is 40.7. The average Bonchev–Trinajstić information content (AvgIpc) is 3.65. The molecule has 4 fully saturated rings. The van der Waals surface area contributed by atoms with E-state index in [1.54, 1.807) is 0 Å². The summed E-state index contributed by atoms with van der Waals surface area (Å²) >= 11 is 0. The third kappa shape index (κ3) is 4.64. The minimum absolute atomic E-state index is 0.00653. The van der Waals surface area contributed by atoms with Crippen LogP contribution in [0.25, 0.3) is 6.08 Å². The Hall–Kier alpha value is -4.38. The molecule has 10 nitrogen and oxygen atoms in total. The number of aliphatic hydroxyl groups is 3. The van der Waals surface area contributed by atoms with Crippen LogP contribution in [0.5, 0.6) is 0 Å². The number of ketones is 2. The predicted octanol–water partition coefficient (Wildman–Crippen LogP) is 6.38. The second-order valence-corrected chi connectivity index (χ2v) is 21.5. The molecule has 9 aliphatic rings. The smallest absolute Gasteiger partial charge is 0.331 e. The minimum Gasteiger partial charge on any atom is -0.478 e. The largest absolute Gasteiger partial charge is 0.478 e. The summed E-state index contributed by atoms with van der Waals surface area (Å²) in [6, 6.07) is 9.96. The number of fused-ring (bicyclic) bond motifs is 2. The van der Waals surface area contributed by atoms with Crippen LogP contribution in [0.2, 0.25) is 0 Å². The summed E-state index contributed by atoms with van der Waals surface area (Å²) in [5.41, 5.74) is 8.53. The molecule has 0 saturated heterocycles. The molecule has 0 aliphatic heterocycles. The van der Waals surface area contributed by atoms with Crippen LogP contribution in [0.15, 0.2) is 98.6 Å². The topological polar surface area (TPSA) is 197 Å². The van der Waals surface area contributed by atoms with Crippen molar-refractivity contribution in [3.8, 4) is 0 Å². The van der Waals surface area contributed by atoms with E-state index in [0.717, 1.165) is 35.1 Å². The molecule has 61 heavy (non-hydrogen) atoms. The number of carboxylic acid groups (broad SMARTS) is 1. The number of hydrogen-bond acceptors (Lipinski definition) is 7. The van der Waals surface area contributed by atoms with E-state index in [-0.39, 0.29) is 35.6 Å². The second-order valence-electron chi connectivity index (χ2n) is 21.5. The molecule has 10 heteroatoms. The van der Waals surface area contributed by atoms with E-state index in [4.69, 9.17) is 11.5 Å². The molecule has 322 valence electrons. The zero-order valence-electron chi connectivity index (χ0n) is 36.3. The van der Waals surface area contributed by atoms with Crippen molar-refractivity contribution in [2.24, 2.45) is 79.5 Å². The average molecular weight is 828 g/mol. The molecule has 1 aromatic carbocycles. The predicted molar refractivity (Wildman–Crippen MR) is 232 cm³/mol. The van der Waals surface area contributed by atoms with Crippen LogP contribution in [0.4, 0.5) is 0 Å². The maximum atomic E-state index is 16.3. The summed E-state index contributed by atoms with van der Waals surface area (Å²) in [6.45, 7) is 12.0. The van der Waals surface area contributed by atoms with Crippen molar-refractivity contribution in [3.63, 3.8) is 0 Å². The summed E-state index contributed by atoms with van der Waals surface area (Å²) < 4.78 is 0. The SMILES string of the molecule is C/C(=C\[C@]1(O)C2=CCC3=C2[C@@H]2[C@@H]4[C@H](CCCC[C@H]5C(=O)C6=C7[C@@](C)([C@@]45C)[C@]2(O)C(=C[C@@]7(O)[C@H](/C=C/c2ccccc2)[C@@H]2C(C)(C)C(=O)CC[C@]62C)C3)[C@H]1CN=C(N)N)C(=O)O. The fraction of sp³-hybridized carbons (Fsp3) is 0.569. The van der Waals surface area contributed by atoms with Gasteiger partial charge in [0, 0.05) is 64.0 Å². The first-order valence-corrected chi connectivity index (χ1v) is 22.5. The number of Topliss-reactive ketones (excluding diaryl/α,β-unsaturated/α-hetero) is 2. The van der Waals surface area contributed by atoms with Gasteiger partial charge < -0.3 is 31.9 Å². The van der Waals surface area contributed by atoms with Gasteiger partial charge in [0.1, 0.15) is 22.6 Å². The third-order valence-electron chi connectivity index (χ3n) is 18.9. The number of nitrogens with zero attached hydrogens (tertiary/aromatic N) is 1. The van der Waals surface area contributed by atoms with Crippen molar-refractivity contribution in [1.29, 1.82) is 0 Å². The first-order valence-electron chi connectivity index (χ1n) is 22.5. The number of carboxylic acids is 1. The number of guanidine groups is 1. The highest BCUT2D eigenvalue weighted by atomic mass is 16.4. The van der Waals surface area contributed by atoms with E-state index >= 15 is 4.79 Å². The standard InChI is InChI=1S/C51H61N3O7/c1-26(43(57)58)23-49(59)31-19-17-28-22-29-24-50(60)33(18-16-27-12-8-7-9-13-27)41-45(2,3)35(55)20-21-46(41,4)39-40(56)32-15-11-10-14-30(34(49)25-54-44(52)53)37-38(36(28)31)51(29,61)48(6,42(39)50)47(32,37)5/h7-9,12-13,16,18-19,23-24,30,32-34,37-38,41,59-61H,10-11,14-15,17,20-22,25H2,1-6H3,(H,57,58)(H4,52,53,54)/b18-16+,26-23+/t30-,32+,33-,34-,37+,38-,41-,46-,47-,48+,49+,50-,51+/m1/s1. The molecule has 0 amide bonds. The normalized spacial score (nSPS) is 45.1. The Kier molecular flexibility index (Phi) is 8.42. The van der Waals surface area contributed by atoms with Crippen molar-refractivity contribution in [2.45, 2.75) is 110 Å². The lowest BCUT2D eigenvalue weighted by Gasteiger charge is -2.70. The molecule has 0 radical (unpaired) electrons. The van der Waals surface area contributed by atoms with E-state index in [9.17, 15) is 30.0 Å². The summed E-state index contributed by atoms with van der Waals surface area (Å²) in [5, 5.41) is 52.5. The number of aliphatic imine (C=N–C) groups is 1. The Morgan fingerprint density at radius 1 is 1.00 bits per heavy atom. The van der Waals surface area contributed by atoms with Crippen LogP contribution in [-0.4, -0.2) is 67.3 Å². The van der Waals surface area contributed by atoms with Gasteiger partial charge in [0.05, 0.1) is 0 Å². The highest BCUT2D eigenvalue weighted by Crippen LogP contribution is 2.85. The van der Waals surface area contributed by atoms with Crippen molar-refractivity contribution >= 4 is 29.6 Å². The number of benzene rings is 1. The van der Waals surface area contributed by atoms with Crippen molar-refractivity contribution in [3.05, 3.63) is 99.2 Å². The van der Waals surface area contributed by atoms with E-state index in [2.05, 4.69) is 31.8 Å². The van der Waals surface area contributed by atoms with Crippen molar-refractivity contribution in [2.75, 3.05) is 6.54 Å². The van der Waals surface area contributed by atoms with Crippen LogP contribution in [-0.2, 0) is 14.4 Å². The van der Waals surface area contributed by atoms with E-state index in [0.29, 0.717) is 55.2 Å². The summed E-state index contributed by atoms with van der Waals surface area (Å²) in [4.78, 5) is 47.6. The number of allylic oxidation sites excluding steroid dienone is 3. The summed E-state index contributed by atoms with van der Waals surface area (Å²) in [5.74, 6) is -4.81. The van der Waals surface area contributed by atoms with Crippen LogP contribution in [0, 0.1) is 63.1 Å². The fourth-order valence-corrected chi connectivity index (χ4v) is 16.6. The Morgan fingerprint density at radius 2 is 1.70 bits per heavy atom. The molecule has 0 bridgehead atoms. The molecule has 9 aliphatic carbocycles. The second kappa shape index (κ2) is 12.6. The lowest BCUT2D eigenvalue weighted by atomic mass is 9.33. The van der Waals surface area contributed by atoms with Crippen LogP contribution >= 0.6 is 0 Å². The molecule has 1 aromatic rings. The Balaban J connectivity index is 1.33. The minimum atomic E-state index is -1.80. The van der Waals surface area contributed by atoms with Gasteiger partial charge in [-0.15, -0.1) is 0 Å². The number of carbonyl (C=O) groups excluding carboxylic acids is 2. The molecule has 0 spiro atoms. The number of hydrogen-bond donors (Lipinski definition) is 6. The Labute approximate surface area is 358 Å². The molecule has 8 N–H and O–H groups in total. The monoisotopic (exact) mass is 827 g/mol. The van der Waals surface area contributed by atoms with Crippen LogP contribution in [0.3, 0.4) is 0 Å². The van der Waals surface area contributed by atoms with Gasteiger partial charge in [-0.2, -0.15) is 0 Å². The van der Waals surface area contributed by atoms with Crippen LogP contribution < -0.4 is 11.5 Å². The third-order valence-corrected chi connectivity index (χ3v) is 18.9.